The number of benzene rings is 1. The SMILES string of the molecule is COc1ccc(F)cc1S(=O)(=O)N1CCC[C@H](C(=O)NCC(C)C)C1. The third-order valence-corrected chi connectivity index (χ3v) is 6.07. The number of carbonyl (C=O) groups excluding carboxylic acids is 1. The molecule has 0 spiro atoms. The molecule has 1 saturated heterocycles. The Morgan fingerprint density at radius 1 is 1.44 bits per heavy atom. The van der Waals surface area contributed by atoms with Gasteiger partial charge in [0, 0.05) is 19.6 Å². The maximum atomic E-state index is 13.6. The Morgan fingerprint density at radius 2 is 2.16 bits per heavy atom. The maximum Gasteiger partial charge on any atom is 0.246 e. The standard InChI is InChI=1S/C17H25FN2O4S/c1-12(2)10-19-17(21)13-5-4-8-20(11-13)25(22,23)16-9-14(18)6-7-15(16)24-3/h6-7,9,12-13H,4-5,8,10-11H2,1-3H3,(H,19,21)/t13-/m0/s1. The second-order valence-electron chi connectivity index (χ2n) is 6.64. The molecular formula is C17H25FN2O4S. The van der Waals surface area contributed by atoms with E-state index < -0.39 is 21.8 Å². The summed E-state index contributed by atoms with van der Waals surface area (Å²) in [6.45, 7) is 4.93. The predicted octanol–water partition coefficient (Wildman–Crippen LogP) is 2.01. The zero-order valence-corrected chi connectivity index (χ0v) is 15.6. The molecular weight excluding hydrogens is 347 g/mol. The van der Waals surface area contributed by atoms with Crippen LogP contribution in [0.3, 0.4) is 0 Å². The van der Waals surface area contributed by atoms with Crippen molar-refractivity contribution in [2.45, 2.75) is 31.6 Å². The number of rotatable bonds is 6. The first kappa shape index (κ1) is 19.7. The zero-order valence-electron chi connectivity index (χ0n) is 14.8. The molecule has 0 aromatic heterocycles. The smallest absolute Gasteiger partial charge is 0.246 e. The van der Waals surface area contributed by atoms with E-state index in [0.29, 0.717) is 31.8 Å². The van der Waals surface area contributed by atoms with Crippen molar-refractivity contribution in [3.05, 3.63) is 24.0 Å². The fourth-order valence-electron chi connectivity index (χ4n) is 2.81. The second kappa shape index (κ2) is 8.14. The molecule has 1 N–H and O–H groups in total. The molecule has 25 heavy (non-hydrogen) atoms. The van der Waals surface area contributed by atoms with Crippen molar-refractivity contribution in [2.24, 2.45) is 11.8 Å². The van der Waals surface area contributed by atoms with Gasteiger partial charge in [0.2, 0.25) is 15.9 Å². The van der Waals surface area contributed by atoms with E-state index in [2.05, 4.69) is 5.32 Å². The lowest BCUT2D eigenvalue weighted by Crippen LogP contribution is -2.46. The van der Waals surface area contributed by atoms with Gasteiger partial charge < -0.3 is 10.1 Å². The van der Waals surface area contributed by atoms with Crippen LogP contribution in [0, 0.1) is 17.7 Å². The zero-order chi connectivity index (χ0) is 18.6. The Hall–Kier alpha value is -1.67. The average molecular weight is 372 g/mol. The summed E-state index contributed by atoms with van der Waals surface area (Å²) in [4.78, 5) is 12.1. The van der Waals surface area contributed by atoms with E-state index in [-0.39, 0.29) is 23.1 Å². The molecule has 0 bridgehead atoms. The molecule has 1 fully saturated rings. The van der Waals surface area contributed by atoms with Gasteiger partial charge in [0.25, 0.3) is 0 Å². The van der Waals surface area contributed by atoms with Crippen LogP contribution in [0.4, 0.5) is 4.39 Å². The van der Waals surface area contributed by atoms with E-state index in [1.165, 1.54) is 17.5 Å². The van der Waals surface area contributed by atoms with Gasteiger partial charge in [0.1, 0.15) is 16.5 Å². The lowest BCUT2D eigenvalue weighted by Gasteiger charge is -2.31. The summed E-state index contributed by atoms with van der Waals surface area (Å²) in [6, 6.07) is 3.39. The molecule has 6 nitrogen and oxygen atoms in total. The van der Waals surface area contributed by atoms with Crippen LogP contribution in [-0.2, 0) is 14.8 Å². The molecule has 1 aromatic carbocycles. The molecule has 0 radical (unpaired) electrons. The molecule has 1 aromatic rings. The van der Waals surface area contributed by atoms with Gasteiger partial charge in [0.05, 0.1) is 13.0 Å². The Morgan fingerprint density at radius 3 is 2.80 bits per heavy atom. The van der Waals surface area contributed by atoms with Crippen molar-refractivity contribution in [3.8, 4) is 5.75 Å². The van der Waals surface area contributed by atoms with E-state index in [1.807, 2.05) is 13.8 Å². The minimum absolute atomic E-state index is 0.0892. The number of halogens is 1. The summed E-state index contributed by atoms with van der Waals surface area (Å²) in [5, 5.41) is 2.85. The van der Waals surface area contributed by atoms with E-state index in [4.69, 9.17) is 4.74 Å². The van der Waals surface area contributed by atoms with Crippen molar-refractivity contribution in [2.75, 3.05) is 26.7 Å². The quantitative estimate of drug-likeness (QED) is 0.829. The Bertz CT molecular complexity index is 721. The third-order valence-electron chi connectivity index (χ3n) is 4.18. The van der Waals surface area contributed by atoms with E-state index >= 15 is 0 Å². The molecule has 1 heterocycles. The minimum Gasteiger partial charge on any atom is -0.495 e. The molecule has 1 aliphatic rings. The minimum atomic E-state index is -3.94. The predicted molar refractivity (Wildman–Crippen MR) is 92.3 cm³/mol. The number of nitrogens with zero attached hydrogens (tertiary/aromatic N) is 1. The summed E-state index contributed by atoms with van der Waals surface area (Å²) >= 11 is 0. The molecule has 140 valence electrons. The van der Waals surface area contributed by atoms with Crippen molar-refractivity contribution in [1.82, 2.24) is 9.62 Å². The van der Waals surface area contributed by atoms with Gasteiger partial charge in [-0.3, -0.25) is 4.79 Å². The lowest BCUT2D eigenvalue weighted by atomic mass is 9.98. The first-order chi connectivity index (χ1) is 11.8. The van der Waals surface area contributed by atoms with Crippen LogP contribution in [0.1, 0.15) is 26.7 Å². The molecule has 1 aliphatic heterocycles. The number of amides is 1. The van der Waals surface area contributed by atoms with Crippen LogP contribution in [0.25, 0.3) is 0 Å². The van der Waals surface area contributed by atoms with Gasteiger partial charge in [0.15, 0.2) is 0 Å². The summed E-state index contributed by atoms with van der Waals surface area (Å²) in [5.41, 5.74) is 0. The lowest BCUT2D eigenvalue weighted by molar-refractivity contribution is -0.126. The highest BCUT2D eigenvalue weighted by atomic mass is 32.2. The fraction of sp³-hybridized carbons (Fsp3) is 0.588. The number of piperidine rings is 1. The van der Waals surface area contributed by atoms with Crippen molar-refractivity contribution >= 4 is 15.9 Å². The highest BCUT2D eigenvalue weighted by molar-refractivity contribution is 7.89. The average Bonchev–Trinajstić information content (AvgIpc) is 2.59. The highest BCUT2D eigenvalue weighted by Crippen LogP contribution is 2.30. The van der Waals surface area contributed by atoms with E-state index in [9.17, 15) is 17.6 Å². The molecule has 0 saturated carbocycles. The van der Waals surface area contributed by atoms with Gasteiger partial charge in [-0.1, -0.05) is 13.8 Å². The monoisotopic (exact) mass is 372 g/mol. The molecule has 1 amide bonds. The largest absolute Gasteiger partial charge is 0.495 e. The van der Waals surface area contributed by atoms with Crippen LogP contribution < -0.4 is 10.1 Å². The summed E-state index contributed by atoms with van der Waals surface area (Å²) < 4.78 is 45.7. The van der Waals surface area contributed by atoms with Crippen LogP contribution in [0.15, 0.2) is 23.1 Å². The number of hydrogen-bond acceptors (Lipinski definition) is 4. The first-order valence-corrected chi connectivity index (χ1v) is 9.81. The molecule has 0 aliphatic carbocycles. The van der Waals surface area contributed by atoms with Gasteiger partial charge in [-0.25, -0.2) is 12.8 Å². The molecule has 1 atom stereocenters. The van der Waals surface area contributed by atoms with Crippen LogP contribution in [0.2, 0.25) is 0 Å². The molecule has 8 heteroatoms. The van der Waals surface area contributed by atoms with Crippen LogP contribution >= 0.6 is 0 Å². The number of methoxy groups -OCH3 is 1. The molecule has 0 unspecified atom stereocenters. The Labute approximate surface area is 148 Å². The van der Waals surface area contributed by atoms with Gasteiger partial charge >= 0.3 is 0 Å². The van der Waals surface area contributed by atoms with Gasteiger partial charge in [-0.05, 0) is 37.0 Å². The van der Waals surface area contributed by atoms with Crippen molar-refractivity contribution < 1.29 is 22.3 Å². The number of nitrogens with one attached hydrogen (secondary N) is 1. The third kappa shape index (κ3) is 4.70. The maximum absolute atomic E-state index is 13.6. The summed E-state index contributed by atoms with van der Waals surface area (Å²) in [7, 11) is -2.60. The fourth-order valence-corrected chi connectivity index (χ4v) is 4.51. The number of hydrogen-bond donors (Lipinski definition) is 1. The van der Waals surface area contributed by atoms with Crippen molar-refractivity contribution in [1.29, 1.82) is 0 Å². The summed E-state index contributed by atoms with van der Waals surface area (Å²) in [5.74, 6) is -0.777. The molecule has 2 rings (SSSR count). The van der Waals surface area contributed by atoms with Gasteiger partial charge in [-0.2, -0.15) is 4.31 Å². The Balaban J connectivity index is 2.20. The van der Waals surface area contributed by atoms with Crippen molar-refractivity contribution in [3.63, 3.8) is 0 Å². The van der Waals surface area contributed by atoms with E-state index in [1.54, 1.807) is 0 Å². The number of ether oxygens (including phenoxy) is 1. The Kier molecular flexibility index (Phi) is 6.40. The highest BCUT2D eigenvalue weighted by Gasteiger charge is 2.35. The van der Waals surface area contributed by atoms with Crippen LogP contribution in [-0.4, -0.2) is 45.4 Å². The number of sulfonamides is 1. The van der Waals surface area contributed by atoms with Crippen LogP contribution in [0.5, 0.6) is 5.75 Å². The first-order valence-electron chi connectivity index (χ1n) is 8.37. The normalized spacial score (nSPS) is 19.0. The van der Waals surface area contributed by atoms with E-state index in [0.717, 1.165) is 12.1 Å². The second-order valence-corrected chi connectivity index (χ2v) is 8.54. The summed E-state index contributed by atoms with van der Waals surface area (Å²) in [6.07, 6.45) is 1.22. The topological polar surface area (TPSA) is 75.7 Å². The number of carbonyl (C=O) groups is 1. The van der Waals surface area contributed by atoms with Gasteiger partial charge in [-0.15, -0.1) is 0 Å².